The van der Waals surface area contributed by atoms with Gasteiger partial charge in [-0.3, -0.25) is 0 Å². The highest BCUT2D eigenvalue weighted by atomic mass is 19.1. The Hall–Kier alpha value is -0.670. The highest BCUT2D eigenvalue weighted by Crippen LogP contribution is 2.48. The first-order valence-corrected chi connectivity index (χ1v) is 10.9. The lowest BCUT2D eigenvalue weighted by Gasteiger charge is -2.45. The topological polar surface area (TPSA) is 40.5 Å². The Morgan fingerprint density at radius 3 is 2.54 bits per heavy atom. The van der Waals surface area contributed by atoms with Crippen molar-refractivity contribution in [1.82, 2.24) is 0 Å². The van der Waals surface area contributed by atoms with Crippen LogP contribution >= 0.6 is 0 Å². The highest BCUT2D eigenvalue weighted by Gasteiger charge is 2.42. The van der Waals surface area contributed by atoms with E-state index in [1.807, 2.05) is 12.2 Å². The molecule has 0 aliphatic heterocycles. The molecule has 2 rings (SSSR count). The molecule has 2 aliphatic rings. The molecule has 3 heteroatoms. The van der Waals surface area contributed by atoms with E-state index in [1.54, 1.807) is 0 Å². The van der Waals surface area contributed by atoms with Crippen LogP contribution < -0.4 is 0 Å². The Labute approximate surface area is 159 Å². The Bertz CT molecular complexity index is 455. The molecule has 0 aromatic carbocycles. The second-order valence-electron chi connectivity index (χ2n) is 8.56. The summed E-state index contributed by atoms with van der Waals surface area (Å²) in [6.45, 7) is 4.35. The third-order valence-electron chi connectivity index (χ3n) is 6.69. The Morgan fingerprint density at radius 1 is 1.15 bits per heavy atom. The Morgan fingerprint density at radius 2 is 1.92 bits per heavy atom. The van der Waals surface area contributed by atoms with Gasteiger partial charge in [0, 0.05) is 18.3 Å². The average Bonchev–Trinajstić information content (AvgIpc) is 2.84. The number of aliphatic hydroxyl groups is 2. The van der Waals surface area contributed by atoms with Crippen LogP contribution in [0, 0.1) is 17.3 Å². The van der Waals surface area contributed by atoms with Crippen molar-refractivity contribution < 1.29 is 14.6 Å². The summed E-state index contributed by atoms with van der Waals surface area (Å²) < 4.78 is 14.3. The SMILES string of the molecule is CCCC/C=C\C[C@@H]1[C@@H](/C=C/CC(O)C2(CCC)CCC2)[C@H](O)C[C@H]1F. The minimum atomic E-state index is -0.932. The van der Waals surface area contributed by atoms with Crippen LogP contribution in [-0.4, -0.2) is 28.6 Å². The molecule has 2 saturated carbocycles. The van der Waals surface area contributed by atoms with Crippen molar-refractivity contribution in [2.45, 2.75) is 103 Å². The maximum absolute atomic E-state index is 14.3. The molecule has 0 amide bonds. The van der Waals surface area contributed by atoms with Gasteiger partial charge in [0.2, 0.25) is 0 Å². The van der Waals surface area contributed by atoms with Gasteiger partial charge >= 0.3 is 0 Å². The number of hydrogen-bond donors (Lipinski definition) is 2. The summed E-state index contributed by atoms with van der Waals surface area (Å²) in [6, 6.07) is 0. The first-order chi connectivity index (χ1) is 12.5. The first-order valence-electron chi connectivity index (χ1n) is 10.9. The zero-order valence-electron chi connectivity index (χ0n) is 16.7. The van der Waals surface area contributed by atoms with Crippen LogP contribution in [0.4, 0.5) is 4.39 Å². The van der Waals surface area contributed by atoms with E-state index in [0.717, 1.165) is 32.1 Å². The van der Waals surface area contributed by atoms with E-state index < -0.39 is 12.3 Å². The average molecular weight is 367 g/mol. The third-order valence-corrected chi connectivity index (χ3v) is 6.69. The van der Waals surface area contributed by atoms with Crippen LogP contribution in [0.5, 0.6) is 0 Å². The molecular formula is C23H39FO2. The van der Waals surface area contributed by atoms with Crippen molar-refractivity contribution in [2.24, 2.45) is 17.3 Å². The number of halogens is 1. The predicted molar refractivity (Wildman–Crippen MR) is 107 cm³/mol. The summed E-state index contributed by atoms with van der Waals surface area (Å²) >= 11 is 0. The van der Waals surface area contributed by atoms with Gasteiger partial charge in [0.15, 0.2) is 0 Å². The summed E-state index contributed by atoms with van der Waals surface area (Å²) in [7, 11) is 0. The van der Waals surface area contributed by atoms with E-state index >= 15 is 0 Å². The van der Waals surface area contributed by atoms with Gasteiger partial charge in [0.05, 0.1) is 12.2 Å². The minimum absolute atomic E-state index is 0.109. The van der Waals surface area contributed by atoms with Crippen LogP contribution in [-0.2, 0) is 0 Å². The lowest BCUT2D eigenvalue weighted by molar-refractivity contribution is -0.0396. The molecule has 0 aromatic rings. The van der Waals surface area contributed by atoms with E-state index in [1.165, 1.54) is 19.3 Å². The molecule has 2 aliphatic carbocycles. The van der Waals surface area contributed by atoms with Gasteiger partial charge in [-0.15, -0.1) is 0 Å². The van der Waals surface area contributed by atoms with Crippen molar-refractivity contribution in [1.29, 1.82) is 0 Å². The molecular weight excluding hydrogens is 327 g/mol. The van der Waals surface area contributed by atoms with E-state index in [4.69, 9.17) is 0 Å². The molecule has 1 unspecified atom stereocenters. The van der Waals surface area contributed by atoms with Crippen LogP contribution in [0.2, 0.25) is 0 Å². The van der Waals surface area contributed by atoms with Gasteiger partial charge < -0.3 is 10.2 Å². The lowest BCUT2D eigenvalue weighted by Crippen LogP contribution is -2.41. The molecule has 2 N–H and O–H groups in total. The number of unbranched alkanes of at least 4 members (excludes halogenated alkanes) is 2. The van der Waals surface area contributed by atoms with Crippen molar-refractivity contribution in [3.63, 3.8) is 0 Å². The monoisotopic (exact) mass is 366 g/mol. The van der Waals surface area contributed by atoms with Gasteiger partial charge in [-0.2, -0.15) is 0 Å². The standard InChI is InChI=1S/C23H39FO2/c1-3-5-6-7-8-11-18-19(21(25)17-20(18)24)12-9-13-22(26)23(14-4-2)15-10-16-23/h7-9,12,18-22,25-26H,3-6,10-11,13-17H2,1-2H3/b8-7-,12-9+/t18-,19-,20-,21-,22?/m1/s1. The zero-order valence-corrected chi connectivity index (χ0v) is 16.7. The Kier molecular flexibility index (Phi) is 8.83. The van der Waals surface area contributed by atoms with Crippen LogP contribution in [0.25, 0.3) is 0 Å². The van der Waals surface area contributed by atoms with Crippen LogP contribution in [0.15, 0.2) is 24.3 Å². The maximum Gasteiger partial charge on any atom is 0.106 e. The van der Waals surface area contributed by atoms with Crippen molar-refractivity contribution >= 4 is 0 Å². The number of rotatable bonds is 11. The van der Waals surface area contributed by atoms with Crippen molar-refractivity contribution in [3.05, 3.63) is 24.3 Å². The highest BCUT2D eigenvalue weighted by molar-refractivity contribution is 5.06. The maximum atomic E-state index is 14.3. The van der Waals surface area contributed by atoms with Crippen LogP contribution in [0.3, 0.4) is 0 Å². The fourth-order valence-electron chi connectivity index (χ4n) is 4.85. The van der Waals surface area contributed by atoms with Crippen molar-refractivity contribution in [3.8, 4) is 0 Å². The number of aliphatic hydroxyl groups excluding tert-OH is 2. The molecule has 0 aromatic heterocycles. The summed E-state index contributed by atoms with van der Waals surface area (Å²) in [4.78, 5) is 0. The number of alkyl halides is 1. The summed E-state index contributed by atoms with van der Waals surface area (Å²) in [5, 5.41) is 20.9. The van der Waals surface area contributed by atoms with E-state index in [2.05, 4.69) is 26.0 Å². The Balaban J connectivity index is 1.88. The molecule has 5 atom stereocenters. The first kappa shape index (κ1) is 21.6. The molecule has 0 saturated heterocycles. The number of hydrogen-bond acceptors (Lipinski definition) is 2. The van der Waals surface area contributed by atoms with E-state index in [0.29, 0.717) is 12.8 Å². The molecule has 0 heterocycles. The van der Waals surface area contributed by atoms with E-state index in [-0.39, 0.29) is 29.8 Å². The molecule has 150 valence electrons. The quantitative estimate of drug-likeness (QED) is 0.362. The molecule has 0 bridgehead atoms. The largest absolute Gasteiger partial charge is 0.392 e. The van der Waals surface area contributed by atoms with Gasteiger partial charge in [0.25, 0.3) is 0 Å². The smallest absolute Gasteiger partial charge is 0.106 e. The van der Waals surface area contributed by atoms with Gasteiger partial charge in [-0.25, -0.2) is 4.39 Å². The minimum Gasteiger partial charge on any atom is -0.392 e. The summed E-state index contributed by atoms with van der Waals surface area (Å²) in [5.74, 6) is -0.263. The normalized spacial score (nSPS) is 32.3. The number of allylic oxidation sites excluding steroid dienone is 2. The summed E-state index contributed by atoms with van der Waals surface area (Å²) in [6.07, 6.45) is 17.0. The second kappa shape index (κ2) is 10.6. The second-order valence-corrected chi connectivity index (χ2v) is 8.56. The van der Waals surface area contributed by atoms with E-state index in [9.17, 15) is 14.6 Å². The zero-order chi connectivity index (χ0) is 19.0. The lowest BCUT2D eigenvalue weighted by atomic mass is 9.62. The van der Waals surface area contributed by atoms with Gasteiger partial charge in [-0.1, -0.05) is 63.8 Å². The summed E-state index contributed by atoms with van der Waals surface area (Å²) in [5.41, 5.74) is 0.109. The molecule has 2 nitrogen and oxygen atoms in total. The fraction of sp³-hybridized carbons (Fsp3) is 0.826. The fourth-order valence-corrected chi connectivity index (χ4v) is 4.85. The molecule has 2 fully saturated rings. The predicted octanol–water partition coefficient (Wildman–Crippen LogP) is 5.74. The third kappa shape index (κ3) is 5.42. The van der Waals surface area contributed by atoms with Gasteiger partial charge in [0.1, 0.15) is 6.17 Å². The van der Waals surface area contributed by atoms with Crippen LogP contribution in [0.1, 0.15) is 84.5 Å². The van der Waals surface area contributed by atoms with Crippen molar-refractivity contribution in [2.75, 3.05) is 0 Å². The van der Waals surface area contributed by atoms with Gasteiger partial charge in [-0.05, 0) is 43.9 Å². The molecule has 0 spiro atoms. The molecule has 26 heavy (non-hydrogen) atoms. The molecule has 0 radical (unpaired) electrons.